The monoisotopic (exact) mass is 353 g/mol. The molecular weight excluding hydrogens is 330 g/mol. The highest BCUT2D eigenvalue weighted by molar-refractivity contribution is 7.09. The predicted octanol–water partition coefficient (Wildman–Crippen LogP) is 4.39. The van der Waals surface area contributed by atoms with Gasteiger partial charge in [0.25, 0.3) is 0 Å². The van der Waals surface area contributed by atoms with E-state index in [-0.39, 0.29) is 0 Å². The Morgan fingerprint density at radius 2 is 1.96 bits per heavy atom. The molecule has 0 saturated carbocycles. The summed E-state index contributed by atoms with van der Waals surface area (Å²) in [5.74, 6) is 2.01. The zero-order chi connectivity index (χ0) is 17.8. The summed E-state index contributed by atoms with van der Waals surface area (Å²) >= 11 is 1.74. The highest BCUT2D eigenvalue weighted by Gasteiger charge is 2.11. The van der Waals surface area contributed by atoms with E-state index in [4.69, 9.17) is 0 Å². The Hall–Kier alpha value is -2.34. The summed E-state index contributed by atoms with van der Waals surface area (Å²) in [7, 11) is 0. The summed E-state index contributed by atoms with van der Waals surface area (Å²) in [4.78, 5) is 18.3. The van der Waals surface area contributed by atoms with Gasteiger partial charge in [-0.2, -0.15) is 0 Å². The van der Waals surface area contributed by atoms with Crippen molar-refractivity contribution < 1.29 is 0 Å². The first-order valence-corrected chi connectivity index (χ1v) is 9.37. The smallest absolute Gasteiger partial charge is 0.180 e. The lowest BCUT2D eigenvalue weighted by Gasteiger charge is -2.11. The molecule has 6 heteroatoms. The molecule has 3 rings (SSSR count). The quantitative estimate of drug-likeness (QED) is 0.712. The maximum Gasteiger partial charge on any atom is 0.180 e. The van der Waals surface area contributed by atoms with E-state index in [0.717, 1.165) is 41.4 Å². The molecule has 0 spiro atoms. The first-order valence-electron chi connectivity index (χ1n) is 8.49. The maximum atomic E-state index is 4.68. The normalized spacial score (nSPS) is 11.1. The van der Waals surface area contributed by atoms with Gasteiger partial charge in [0.1, 0.15) is 11.5 Å². The summed E-state index contributed by atoms with van der Waals surface area (Å²) in [5, 5.41) is 6.78. The van der Waals surface area contributed by atoms with Crippen LogP contribution in [0.25, 0.3) is 11.5 Å². The second kappa shape index (κ2) is 7.70. The van der Waals surface area contributed by atoms with Crippen LogP contribution in [0.3, 0.4) is 0 Å². The molecule has 0 radical (unpaired) electrons. The fourth-order valence-electron chi connectivity index (χ4n) is 2.42. The summed E-state index contributed by atoms with van der Waals surface area (Å²) in [6.07, 6.45) is 2.64. The molecule has 3 aromatic heterocycles. The van der Waals surface area contributed by atoms with Crippen molar-refractivity contribution in [3.8, 4) is 11.5 Å². The number of pyridine rings is 1. The molecule has 1 N–H and O–H groups in total. The Balaban J connectivity index is 1.72. The molecule has 0 aliphatic carbocycles. The highest BCUT2D eigenvalue weighted by atomic mass is 32.1. The summed E-state index contributed by atoms with van der Waals surface area (Å²) < 4.78 is 0. The van der Waals surface area contributed by atoms with Gasteiger partial charge in [0.2, 0.25) is 0 Å². The summed E-state index contributed by atoms with van der Waals surface area (Å²) in [6.45, 7) is 9.18. The van der Waals surface area contributed by atoms with Gasteiger partial charge in [-0.05, 0) is 26.0 Å². The summed E-state index contributed by atoms with van der Waals surface area (Å²) in [6, 6.07) is 5.77. The Morgan fingerprint density at radius 3 is 2.64 bits per heavy atom. The van der Waals surface area contributed by atoms with Crippen molar-refractivity contribution in [1.29, 1.82) is 0 Å². The number of thiazole rings is 1. The topological polar surface area (TPSA) is 63.6 Å². The third-order valence-corrected chi connectivity index (χ3v) is 5.21. The third-order valence-electron chi connectivity index (χ3n) is 4.02. The van der Waals surface area contributed by atoms with Crippen LogP contribution in [-0.2, 0) is 6.42 Å². The minimum Gasteiger partial charge on any atom is -0.369 e. The second-order valence-electron chi connectivity index (χ2n) is 6.33. The second-order valence-corrected chi connectivity index (χ2v) is 7.22. The molecule has 0 atom stereocenters. The number of aromatic nitrogens is 4. The fourth-order valence-corrected chi connectivity index (χ4v) is 3.29. The van der Waals surface area contributed by atoms with Crippen molar-refractivity contribution in [2.24, 2.45) is 0 Å². The van der Waals surface area contributed by atoms with E-state index in [1.54, 1.807) is 17.5 Å². The van der Waals surface area contributed by atoms with Gasteiger partial charge in [-0.1, -0.05) is 19.9 Å². The fraction of sp³-hybridized carbons (Fsp3) is 0.368. The van der Waals surface area contributed by atoms with Crippen LogP contribution in [0.4, 0.5) is 5.82 Å². The molecule has 0 aromatic carbocycles. The molecular formula is C19H23N5S. The van der Waals surface area contributed by atoms with E-state index in [9.17, 15) is 0 Å². The highest BCUT2D eigenvalue weighted by Crippen LogP contribution is 2.21. The first-order chi connectivity index (χ1) is 12.0. The Labute approximate surface area is 152 Å². The van der Waals surface area contributed by atoms with Gasteiger partial charge in [-0.3, -0.25) is 4.98 Å². The molecule has 3 heterocycles. The molecule has 130 valence electrons. The molecule has 0 bridgehead atoms. The van der Waals surface area contributed by atoms with E-state index < -0.39 is 0 Å². The van der Waals surface area contributed by atoms with Gasteiger partial charge < -0.3 is 5.32 Å². The number of hydrogen-bond donors (Lipinski definition) is 1. The van der Waals surface area contributed by atoms with E-state index >= 15 is 0 Å². The van der Waals surface area contributed by atoms with Crippen molar-refractivity contribution in [2.45, 2.75) is 40.0 Å². The molecule has 0 aliphatic rings. The van der Waals surface area contributed by atoms with Gasteiger partial charge in [0.05, 0.1) is 10.7 Å². The Kier molecular flexibility index (Phi) is 5.38. The molecule has 25 heavy (non-hydrogen) atoms. The van der Waals surface area contributed by atoms with E-state index in [0.29, 0.717) is 11.7 Å². The van der Waals surface area contributed by atoms with E-state index in [1.165, 1.54) is 5.01 Å². The zero-order valence-electron chi connectivity index (χ0n) is 15.1. The van der Waals surface area contributed by atoms with Crippen LogP contribution >= 0.6 is 11.3 Å². The average Bonchev–Trinajstić information content (AvgIpc) is 3.08. The van der Waals surface area contributed by atoms with Crippen LogP contribution < -0.4 is 5.32 Å². The predicted molar refractivity (Wildman–Crippen MR) is 103 cm³/mol. The largest absolute Gasteiger partial charge is 0.369 e. The third kappa shape index (κ3) is 4.20. The minimum atomic E-state index is 0.486. The Morgan fingerprint density at radius 1 is 1.12 bits per heavy atom. The van der Waals surface area contributed by atoms with Gasteiger partial charge >= 0.3 is 0 Å². The molecule has 0 aliphatic heterocycles. The van der Waals surface area contributed by atoms with Gasteiger partial charge in [0, 0.05) is 41.7 Å². The van der Waals surface area contributed by atoms with Crippen LogP contribution in [0.15, 0.2) is 29.8 Å². The number of anilines is 1. The van der Waals surface area contributed by atoms with Gasteiger partial charge in [-0.25, -0.2) is 15.0 Å². The van der Waals surface area contributed by atoms with Gasteiger partial charge in [-0.15, -0.1) is 11.3 Å². The van der Waals surface area contributed by atoms with Crippen LogP contribution in [0, 0.1) is 13.8 Å². The minimum absolute atomic E-state index is 0.486. The lowest BCUT2D eigenvalue weighted by atomic mass is 10.2. The van der Waals surface area contributed by atoms with Crippen LogP contribution in [0.5, 0.6) is 0 Å². The van der Waals surface area contributed by atoms with Crippen molar-refractivity contribution >= 4 is 17.2 Å². The standard InChI is InChI=1S/C19H23N5S/c1-12(2)19-23-15(11-25-19)8-10-21-17-13(3)14(4)22-18(24-17)16-7-5-6-9-20-16/h5-7,9,11-12H,8,10H2,1-4H3,(H,21,22,24). The lowest BCUT2D eigenvalue weighted by molar-refractivity contribution is 0.835. The summed E-state index contributed by atoms with van der Waals surface area (Å²) in [5.41, 5.74) is 3.96. The molecule has 0 unspecified atom stereocenters. The zero-order valence-corrected chi connectivity index (χ0v) is 15.9. The molecule has 5 nitrogen and oxygen atoms in total. The molecule has 0 fully saturated rings. The van der Waals surface area contributed by atoms with Crippen molar-refractivity contribution in [3.05, 3.63) is 51.7 Å². The number of hydrogen-bond acceptors (Lipinski definition) is 6. The van der Waals surface area contributed by atoms with Gasteiger partial charge in [0.15, 0.2) is 5.82 Å². The molecule has 0 saturated heterocycles. The van der Waals surface area contributed by atoms with Crippen LogP contribution in [-0.4, -0.2) is 26.5 Å². The molecule has 3 aromatic rings. The van der Waals surface area contributed by atoms with E-state index in [1.807, 2.05) is 32.0 Å². The SMILES string of the molecule is Cc1nc(-c2ccccn2)nc(NCCc2csc(C(C)C)n2)c1C. The van der Waals surface area contributed by atoms with Crippen LogP contribution in [0.2, 0.25) is 0 Å². The van der Waals surface area contributed by atoms with Crippen molar-refractivity contribution in [3.63, 3.8) is 0 Å². The molecule has 0 amide bonds. The van der Waals surface area contributed by atoms with Crippen molar-refractivity contribution in [2.75, 3.05) is 11.9 Å². The number of rotatable bonds is 6. The average molecular weight is 353 g/mol. The first kappa shape index (κ1) is 17.5. The maximum absolute atomic E-state index is 4.68. The van der Waals surface area contributed by atoms with E-state index in [2.05, 4.69) is 44.5 Å². The van der Waals surface area contributed by atoms with Crippen LogP contribution in [0.1, 0.15) is 41.7 Å². The van der Waals surface area contributed by atoms with Crippen molar-refractivity contribution in [1.82, 2.24) is 19.9 Å². The number of aryl methyl sites for hydroxylation is 1. The lowest BCUT2D eigenvalue weighted by Crippen LogP contribution is -2.10. The Bertz CT molecular complexity index is 842. The number of nitrogens with zero attached hydrogens (tertiary/aromatic N) is 4. The number of nitrogens with one attached hydrogen (secondary N) is 1.